The molecule has 0 bridgehead atoms. The third-order valence-corrected chi connectivity index (χ3v) is 18.8. The first kappa shape index (κ1) is 84.9. The summed E-state index contributed by atoms with van der Waals surface area (Å²) in [5.74, 6) is -8.34. The van der Waals surface area contributed by atoms with Crippen LogP contribution in [0.15, 0.2) is 12.2 Å². The fourth-order valence-corrected chi connectivity index (χ4v) is 12.6. The van der Waals surface area contributed by atoms with Crippen LogP contribution in [-0.2, 0) is 57.5 Å². The molecule has 4 N–H and O–H groups in total. The molecule has 2 aliphatic rings. The number of hydrogen-bond acceptors (Lipinski definition) is 13. The van der Waals surface area contributed by atoms with Crippen LogP contribution >= 0.6 is 0 Å². The molecule has 544 valence electrons. The monoisotopic (exact) mass is 1340 g/mol. The van der Waals surface area contributed by atoms with E-state index in [0.717, 1.165) is 32.4 Å². The zero-order valence-electron chi connectivity index (χ0n) is 62.8. The lowest BCUT2D eigenvalue weighted by Gasteiger charge is -2.41. The highest BCUT2D eigenvalue weighted by atomic mass is 16.5. The SMILES string of the molecule is C/C=C/C[C@@H](C)C[C@H]1C(=O)N[C@H](CC)C(=O)N(C)[C@H](COCCN2CCCCC2)C(=O)N(C)[C@@H](CC(C)C)C(=O)N[C@H](C(C)C)C(=O)N(C)[C@H](CC(C)C)C(=O)N[C@H](C)C(=O)N[C@@H](C)C(=O)N(C)[C@@H](CC(C)C)C(=O)N(C)[C@H](CCC(C)C)C(=O)N(C)[C@H](C(C)C)C(=O)N1C. The summed E-state index contributed by atoms with van der Waals surface area (Å²) in [6.45, 7) is 33.3. The molecule has 12 atom stereocenters. The van der Waals surface area contributed by atoms with Crippen molar-refractivity contribution in [1.29, 1.82) is 0 Å². The number of ether oxygens (including phenoxy) is 1. The van der Waals surface area contributed by atoms with E-state index in [1.165, 1.54) is 97.5 Å². The van der Waals surface area contributed by atoms with Gasteiger partial charge in [0.05, 0.1) is 13.2 Å². The molecule has 0 aromatic rings. The van der Waals surface area contributed by atoms with Crippen LogP contribution in [0.4, 0.5) is 0 Å². The van der Waals surface area contributed by atoms with Crippen LogP contribution in [0, 0.1) is 41.4 Å². The number of piperidine rings is 1. The van der Waals surface area contributed by atoms with E-state index in [1.807, 2.05) is 81.4 Å². The largest absolute Gasteiger partial charge is 0.377 e. The number of likely N-dealkylation sites (tertiary alicyclic amines) is 1. The number of rotatable bonds is 21. The second kappa shape index (κ2) is 40.5. The summed E-state index contributed by atoms with van der Waals surface area (Å²) in [5, 5.41) is 11.4. The molecule has 2 rings (SSSR count). The van der Waals surface area contributed by atoms with Gasteiger partial charge in [0.1, 0.15) is 66.5 Å². The molecule has 2 heterocycles. The van der Waals surface area contributed by atoms with Gasteiger partial charge < -0.3 is 65.2 Å². The van der Waals surface area contributed by atoms with Crippen LogP contribution in [0.25, 0.3) is 0 Å². The Balaban J connectivity index is 3.07. The minimum absolute atomic E-state index is 0.0715. The third kappa shape index (κ3) is 25.3. The number of likely N-dealkylation sites (N-methyl/N-ethyl adjacent to an activating group) is 7. The first-order valence-electron chi connectivity index (χ1n) is 35.3. The van der Waals surface area contributed by atoms with Crippen LogP contribution in [-0.4, -0.2) is 253 Å². The summed E-state index contributed by atoms with van der Waals surface area (Å²) in [6.07, 6.45) is 9.09. The van der Waals surface area contributed by atoms with Gasteiger partial charge in [-0.1, -0.05) is 116 Å². The van der Waals surface area contributed by atoms with Crippen LogP contribution < -0.4 is 21.3 Å². The average Bonchev–Trinajstić information content (AvgIpc) is 0.825. The predicted octanol–water partition coefficient (Wildman–Crippen LogP) is 5.56. The van der Waals surface area contributed by atoms with Crippen molar-refractivity contribution in [3.8, 4) is 0 Å². The van der Waals surface area contributed by atoms with Crippen molar-refractivity contribution < 1.29 is 57.5 Å². The van der Waals surface area contributed by atoms with Crippen molar-refractivity contribution in [2.45, 2.75) is 255 Å². The molecule has 24 heteroatoms. The van der Waals surface area contributed by atoms with E-state index < -0.39 is 143 Å². The predicted molar refractivity (Wildman–Crippen MR) is 372 cm³/mol. The van der Waals surface area contributed by atoms with E-state index in [1.54, 1.807) is 34.6 Å². The topological polar surface area (TPSA) is 271 Å². The van der Waals surface area contributed by atoms with Crippen molar-refractivity contribution in [2.75, 3.05) is 82.2 Å². The second-order valence-corrected chi connectivity index (χ2v) is 29.6. The molecular weight excluding hydrogens is 1210 g/mol. The number of allylic oxidation sites excluding steroid dienone is 2. The third-order valence-electron chi connectivity index (χ3n) is 18.8. The van der Waals surface area contributed by atoms with Gasteiger partial charge in [0.25, 0.3) is 0 Å². The molecule has 2 saturated heterocycles. The van der Waals surface area contributed by atoms with E-state index in [4.69, 9.17) is 4.74 Å². The summed E-state index contributed by atoms with van der Waals surface area (Å²) in [4.78, 5) is 176. The van der Waals surface area contributed by atoms with Crippen molar-refractivity contribution in [3.05, 3.63) is 12.2 Å². The van der Waals surface area contributed by atoms with Crippen molar-refractivity contribution in [3.63, 3.8) is 0 Å². The zero-order chi connectivity index (χ0) is 72.6. The number of hydrogen-bond donors (Lipinski definition) is 4. The number of carbonyl (C=O) groups excluding carboxylic acids is 11. The van der Waals surface area contributed by atoms with E-state index in [2.05, 4.69) is 26.2 Å². The minimum Gasteiger partial charge on any atom is -0.377 e. The highest BCUT2D eigenvalue weighted by Gasteiger charge is 2.45. The molecule has 0 spiro atoms. The molecule has 0 aliphatic carbocycles. The Morgan fingerprint density at radius 3 is 1.40 bits per heavy atom. The van der Waals surface area contributed by atoms with Gasteiger partial charge in [-0.2, -0.15) is 0 Å². The highest BCUT2D eigenvalue weighted by molar-refractivity contribution is 6.00. The molecule has 0 aromatic heterocycles. The van der Waals surface area contributed by atoms with Gasteiger partial charge in [-0.15, -0.1) is 0 Å². The molecular formula is C71H128N12O12. The number of amides is 11. The van der Waals surface area contributed by atoms with Crippen LogP contribution in [0.5, 0.6) is 0 Å². The molecule has 95 heavy (non-hydrogen) atoms. The fraction of sp³-hybridized carbons (Fsp3) is 0.817. The van der Waals surface area contributed by atoms with Crippen LogP contribution in [0.2, 0.25) is 0 Å². The maximum absolute atomic E-state index is 15.4. The highest BCUT2D eigenvalue weighted by Crippen LogP contribution is 2.26. The number of nitrogens with one attached hydrogen (secondary N) is 4. The first-order valence-corrected chi connectivity index (χ1v) is 35.3. The Kier molecular flexibility index (Phi) is 36.2. The minimum atomic E-state index is -1.32. The Morgan fingerprint density at radius 2 is 0.895 bits per heavy atom. The molecule has 0 unspecified atom stereocenters. The van der Waals surface area contributed by atoms with Gasteiger partial charge in [-0.05, 0) is 139 Å². The molecule has 2 aliphatic heterocycles. The maximum atomic E-state index is 15.4. The van der Waals surface area contributed by atoms with Crippen molar-refractivity contribution in [2.24, 2.45) is 41.4 Å². The van der Waals surface area contributed by atoms with Gasteiger partial charge in [-0.3, -0.25) is 52.7 Å². The van der Waals surface area contributed by atoms with Crippen molar-refractivity contribution >= 4 is 65.0 Å². The summed E-state index contributed by atoms with van der Waals surface area (Å²) in [5.41, 5.74) is 0. The Hall–Kier alpha value is -6.17. The molecule has 0 saturated carbocycles. The van der Waals surface area contributed by atoms with Gasteiger partial charge in [0.15, 0.2) is 0 Å². The smallest absolute Gasteiger partial charge is 0.248 e. The lowest BCUT2D eigenvalue weighted by atomic mass is 9.94. The molecule has 11 amide bonds. The van der Waals surface area contributed by atoms with Gasteiger partial charge in [0, 0.05) is 55.9 Å². The van der Waals surface area contributed by atoms with Crippen LogP contribution in [0.1, 0.15) is 188 Å². The van der Waals surface area contributed by atoms with Gasteiger partial charge in [0.2, 0.25) is 65.0 Å². The molecule has 24 nitrogen and oxygen atoms in total. The Labute approximate surface area is 571 Å². The second-order valence-electron chi connectivity index (χ2n) is 29.6. The Morgan fingerprint density at radius 1 is 0.453 bits per heavy atom. The average molecular weight is 1340 g/mol. The maximum Gasteiger partial charge on any atom is 0.248 e. The standard InChI is InChI=1S/C71H128N12O12/c1-25-27-31-49(15)41-56-63(86)74-52(26-2)66(89)81(23)58(42-95-37-36-83-34-29-28-30-35-83)69(92)77(19)55(39-45(7)8)64(87)75-59(47(11)12)70(93)78(20)54(38-44(5)6)62(85)72-50(16)61(84)73-51(17)65(88)80(22)57(40-46(9)10)68(91)76(18)53(33-32-43(3)4)67(90)82(24)60(48(13)14)71(94)79(56)21/h25,27,43-60H,26,28-42H2,1-24H3,(H,72,85)(H,73,84)(H,74,86)(H,75,87)/b27-25+/t49-,50-,51+,52-,53-,54-,55+,56+,57+,58-,59-,60-/m1/s1. The van der Waals surface area contributed by atoms with Crippen molar-refractivity contribution in [1.82, 2.24) is 60.5 Å². The quantitative estimate of drug-likeness (QED) is 0.0811. The molecule has 0 radical (unpaired) electrons. The number of carbonyl (C=O) groups is 11. The van der Waals surface area contributed by atoms with E-state index in [0.29, 0.717) is 19.4 Å². The summed E-state index contributed by atoms with van der Waals surface area (Å²) >= 11 is 0. The summed E-state index contributed by atoms with van der Waals surface area (Å²) < 4.78 is 6.29. The Bertz CT molecular complexity index is 2550. The zero-order valence-corrected chi connectivity index (χ0v) is 62.8. The summed E-state index contributed by atoms with van der Waals surface area (Å²) in [7, 11) is 10.4. The molecule has 0 aromatic carbocycles. The molecule has 2 fully saturated rings. The van der Waals surface area contributed by atoms with Gasteiger partial charge >= 0.3 is 0 Å². The lowest BCUT2D eigenvalue weighted by Crippen LogP contribution is -2.62. The number of nitrogens with zero attached hydrogens (tertiary/aromatic N) is 8. The fourth-order valence-electron chi connectivity index (χ4n) is 12.6. The van der Waals surface area contributed by atoms with Gasteiger partial charge in [-0.25, -0.2) is 0 Å². The summed E-state index contributed by atoms with van der Waals surface area (Å²) in [6, 6.07) is -13.1. The van der Waals surface area contributed by atoms with E-state index in [9.17, 15) is 24.0 Å². The normalized spacial score (nSPS) is 26.9. The first-order chi connectivity index (χ1) is 44.3. The van der Waals surface area contributed by atoms with E-state index in [-0.39, 0.29) is 81.3 Å². The van der Waals surface area contributed by atoms with Crippen LogP contribution in [0.3, 0.4) is 0 Å². The van der Waals surface area contributed by atoms with E-state index >= 15 is 28.8 Å². The lowest BCUT2D eigenvalue weighted by molar-refractivity contribution is -0.156.